The standard InChI is InChI=1S/C20H19N5O3S2/c1-27-15-6-5-13(10-16(15)28-2)20-23-22-17-7-8-19(24-25(17)20)30-12-18(26)21-11-14-4-3-9-29-14/h3-10H,11-12H2,1-2H3,(H,21,26). The van der Waals surface area contributed by atoms with E-state index in [9.17, 15) is 4.79 Å². The summed E-state index contributed by atoms with van der Waals surface area (Å²) in [5.74, 6) is 2.04. The van der Waals surface area contributed by atoms with Crippen LogP contribution in [0.2, 0.25) is 0 Å². The average Bonchev–Trinajstić information content (AvgIpc) is 3.45. The highest BCUT2D eigenvalue weighted by molar-refractivity contribution is 7.99. The van der Waals surface area contributed by atoms with E-state index in [0.29, 0.717) is 34.5 Å². The van der Waals surface area contributed by atoms with Crippen LogP contribution in [0.1, 0.15) is 4.88 Å². The van der Waals surface area contributed by atoms with Crippen molar-refractivity contribution in [2.75, 3.05) is 20.0 Å². The first-order valence-electron chi connectivity index (χ1n) is 9.04. The van der Waals surface area contributed by atoms with Crippen LogP contribution in [0.3, 0.4) is 0 Å². The zero-order valence-electron chi connectivity index (χ0n) is 16.4. The number of methoxy groups -OCH3 is 2. The van der Waals surface area contributed by atoms with Crippen LogP contribution >= 0.6 is 23.1 Å². The van der Waals surface area contributed by atoms with E-state index in [1.807, 2.05) is 47.8 Å². The van der Waals surface area contributed by atoms with Gasteiger partial charge in [0.2, 0.25) is 5.91 Å². The number of nitrogens with zero attached hydrogens (tertiary/aromatic N) is 4. The minimum Gasteiger partial charge on any atom is -0.493 e. The number of fused-ring (bicyclic) bond motifs is 1. The monoisotopic (exact) mass is 441 g/mol. The van der Waals surface area contributed by atoms with Crippen LogP contribution in [0.4, 0.5) is 0 Å². The van der Waals surface area contributed by atoms with Gasteiger partial charge in [0.1, 0.15) is 5.03 Å². The molecular weight excluding hydrogens is 422 g/mol. The summed E-state index contributed by atoms with van der Waals surface area (Å²) in [5.41, 5.74) is 1.41. The second-order valence-electron chi connectivity index (χ2n) is 6.18. The van der Waals surface area contributed by atoms with Crippen molar-refractivity contribution < 1.29 is 14.3 Å². The van der Waals surface area contributed by atoms with Gasteiger partial charge in [0, 0.05) is 10.4 Å². The van der Waals surface area contributed by atoms with Crippen molar-refractivity contribution in [3.05, 3.63) is 52.7 Å². The predicted molar refractivity (Wildman–Crippen MR) is 116 cm³/mol. The molecule has 10 heteroatoms. The molecule has 0 unspecified atom stereocenters. The lowest BCUT2D eigenvalue weighted by Crippen LogP contribution is -2.24. The first kappa shape index (κ1) is 20.2. The molecule has 1 amide bonds. The Morgan fingerprint density at radius 3 is 2.77 bits per heavy atom. The highest BCUT2D eigenvalue weighted by atomic mass is 32.2. The molecule has 4 aromatic rings. The summed E-state index contributed by atoms with van der Waals surface area (Å²) in [7, 11) is 3.17. The molecular formula is C20H19N5O3S2. The molecule has 0 radical (unpaired) electrons. The SMILES string of the molecule is COc1ccc(-c2nnc3ccc(SCC(=O)NCc4cccs4)nn23)cc1OC. The van der Waals surface area contributed by atoms with Crippen LogP contribution in [0.15, 0.2) is 52.9 Å². The fourth-order valence-corrected chi connectivity index (χ4v) is 4.12. The Bertz CT molecular complexity index is 1160. The fraction of sp³-hybridized carbons (Fsp3) is 0.200. The number of rotatable bonds is 8. The number of ether oxygens (including phenoxy) is 2. The van der Waals surface area contributed by atoms with Gasteiger partial charge >= 0.3 is 0 Å². The van der Waals surface area contributed by atoms with Gasteiger partial charge in [0.15, 0.2) is 23.0 Å². The Kier molecular flexibility index (Phi) is 6.15. The molecule has 3 aromatic heterocycles. The van der Waals surface area contributed by atoms with E-state index >= 15 is 0 Å². The van der Waals surface area contributed by atoms with Gasteiger partial charge in [-0.15, -0.1) is 21.5 Å². The number of amides is 1. The number of carbonyl (C=O) groups is 1. The van der Waals surface area contributed by atoms with Crippen molar-refractivity contribution in [1.29, 1.82) is 0 Å². The Labute approximate surface area is 181 Å². The van der Waals surface area contributed by atoms with Crippen molar-refractivity contribution in [3.63, 3.8) is 0 Å². The maximum Gasteiger partial charge on any atom is 0.230 e. The molecule has 30 heavy (non-hydrogen) atoms. The van der Waals surface area contributed by atoms with Gasteiger partial charge in [-0.25, -0.2) is 0 Å². The van der Waals surface area contributed by atoms with E-state index in [4.69, 9.17) is 9.47 Å². The Morgan fingerprint density at radius 2 is 2.00 bits per heavy atom. The zero-order valence-corrected chi connectivity index (χ0v) is 18.0. The summed E-state index contributed by atoms with van der Waals surface area (Å²) >= 11 is 2.98. The number of benzene rings is 1. The largest absolute Gasteiger partial charge is 0.493 e. The molecule has 3 heterocycles. The van der Waals surface area contributed by atoms with Crippen molar-refractivity contribution in [2.24, 2.45) is 0 Å². The van der Waals surface area contributed by atoms with Crippen LogP contribution in [0.25, 0.3) is 17.0 Å². The van der Waals surface area contributed by atoms with Crippen LogP contribution in [-0.4, -0.2) is 45.7 Å². The third-order valence-corrected chi connectivity index (χ3v) is 6.07. The van der Waals surface area contributed by atoms with Crippen LogP contribution in [0, 0.1) is 0 Å². The van der Waals surface area contributed by atoms with Gasteiger partial charge in [-0.2, -0.15) is 9.61 Å². The molecule has 0 atom stereocenters. The summed E-state index contributed by atoms with van der Waals surface area (Å²) < 4.78 is 12.3. The van der Waals surface area contributed by atoms with E-state index in [1.165, 1.54) is 11.8 Å². The van der Waals surface area contributed by atoms with Crippen molar-refractivity contribution in [3.8, 4) is 22.9 Å². The van der Waals surface area contributed by atoms with Crippen molar-refractivity contribution in [1.82, 2.24) is 25.1 Å². The highest BCUT2D eigenvalue weighted by Gasteiger charge is 2.14. The number of aromatic nitrogens is 4. The Balaban J connectivity index is 1.49. The summed E-state index contributed by atoms with van der Waals surface area (Å²) in [6.07, 6.45) is 0. The smallest absolute Gasteiger partial charge is 0.230 e. The average molecular weight is 442 g/mol. The van der Waals surface area contributed by atoms with Crippen molar-refractivity contribution in [2.45, 2.75) is 11.6 Å². The Hall–Kier alpha value is -3.11. The molecule has 0 saturated carbocycles. The number of carbonyl (C=O) groups excluding carboxylic acids is 1. The second-order valence-corrected chi connectivity index (χ2v) is 8.21. The minimum atomic E-state index is -0.0424. The molecule has 4 rings (SSSR count). The third-order valence-electron chi connectivity index (χ3n) is 4.27. The first-order valence-corrected chi connectivity index (χ1v) is 10.9. The van der Waals surface area contributed by atoms with Crippen molar-refractivity contribution >= 4 is 34.7 Å². The predicted octanol–water partition coefficient (Wildman–Crippen LogP) is 3.28. The molecule has 0 aliphatic carbocycles. The van der Waals surface area contributed by atoms with Gasteiger partial charge in [-0.05, 0) is 41.8 Å². The third kappa shape index (κ3) is 4.39. The number of thioether (sulfide) groups is 1. The molecule has 0 saturated heterocycles. The summed E-state index contributed by atoms with van der Waals surface area (Å²) in [4.78, 5) is 13.3. The molecule has 0 spiro atoms. The molecule has 0 bridgehead atoms. The molecule has 8 nitrogen and oxygen atoms in total. The van der Waals surface area contributed by atoms with Gasteiger partial charge < -0.3 is 14.8 Å². The maximum atomic E-state index is 12.1. The number of nitrogens with one attached hydrogen (secondary N) is 1. The van der Waals surface area contributed by atoms with E-state index in [1.54, 1.807) is 30.1 Å². The quantitative estimate of drug-likeness (QED) is 0.420. The maximum absolute atomic E-state index is 12.1. The lowest BCUT2D eigenvalue weighted by Gasteiger charge is -2.09. The normalized spacial score (nSPS) is 10.9. The number of thiophene rings is 1. The van der Waals surface area contributed by atoms with Crippen LogP contribution in [0.5, 0.6) is 11.5 Å². The topological polar surface area (TPSA) is 90.6 Å². The highest BCUT2D eigenvalue weighted by Crippen LogP contribution is 2.31. The molecule has 1 N–H and O–H groups in total. The van der Waals surface area contributed by atoms with Gasteiger partial charge in [0.05, 0.1) is 26.5 Å². The van der Waals surface area contributed by atoms with Crippen LogP contribution < -0.4 is 14.8 Å². The summed E-state index contributed by atoms with van der Waals surface area (Å²) in [6.45, 7) is 0.540. The molecule has 0 aliphatic heterocycles. The van der Waals surface area contributed by atoms with E-state index < -0.39 is 0 Å². The van der Waals surface area contributed by atoms with Gasteiger partial charge in [-0.3, -0.25) is 4.79 Å². The number of hydrogen-bond donors (Lipinski definition) is 1. The molecule has 154 valence electrons. The van der Waals surface area contributed by atoms with E-state index in [0.717, 1.165) is 10.4 Å². The van der Waals surface area contributed by atoms with E-state index in [2.05, 4.69) is 20.6 Å². The molecule has 0 fully saturated rings. The summed E-state index contributed by atoms with van der Waals surface area (Å²) in [6, 6.07) is 13.1. The zero-order chi connectivity index (χ0) is 20.9. The van der Waals surface area contributed by atoms with Gasteiger partial charge in [-0.1, -0.05) is 17.8 Å². The lowest BCUT2D eigenvalue weighted by molar-refractivity contribution is -0.118. The number of hydrogen-bond acceptors (Lipinski definition) is 8. The fourth-order valence-electron chi connectivity index (χ4n) is 2.79. The molecule has 0 aliphatic rings. The Morgan fingerprint density at radius 1 is 1.13 bits per heavy atom. The van der Waals surface area contributed by atoms with E-state index in [-0.39, 0.29) is 11.7 Å². The van der Waals surface area contributed by atoms with Gasteiger partial charge in [0.25, 0.3) is 0 Å². The lowest BCUT2D eigenvalue weighted by atomic mass is 10.2. The summed E-state index contributed by atoms with van der Waals surface area (Å²) in [5, 5.41) is 18.6. The minimum absolute atomic E-state index is 0.0424. The van der Waals surface area contributed by atoms with Crippen LogP contribution in [-0.2, 0) is 11.3 Å². The molecule has 1 aromatic carbocycles. The first-order chi connectivity index (χ1) is 14.7. The second kappa shape index (κ2) is 9.14.